The minimum absolute atomic E-state index is 0.121. The van der Waals surface area contributed by atoms with Gasteiger partial charge in [-0.25, -0.2) is 0 Å². The minimum Gasteiger partial charge on any atom is -0.311 e. The fourth-order valence-corrected chi connectivity index (χ4v) is 7.36. The molecule has 2 aliphatic carbocycles. The molecule has 1 atom stereocenters. The van der Waals surface area contributed by atoms with E-state index in [2.05, 4.69) is 212 Å². The zero-order chi connectivity index (χ0) is 33.2. The van der Waals surface area contributed by atoms with Crippen molar-refractivity contribution in [1.82, 2.24) is 0 Å². The lowest BCUT2D eigenvalue weighted by atomic mass is 9.81. The number of hydrogen-bond donors (Lipinski definition) is 0. The number of fused-ring (bicyclic) bond motifs is 3. The SMILES string of the molecule is CC1(C)c2cc(/C=C/C3C=CC(N(c4ccccc4)c4ccccc4)=CC3)ccc2-c2ccc(N(c3ccccc3)c3ccccc3)cc21. The summed E-state index contributed by atoms with van der Waals surface area (Å²) in [7, 11) is 0. The maximum atomic E-state index is 2.40. The average Bonchev–Trinajstić information content (AvgIpc) is 3.38. The van der Waals surface area contributed by atoms with Crippen molar-refractivity contribution in [2.75, 3.05) is 9.80 Å². The van der Waals surface area contributed by atoms with Gasteiger partial charge in [-0.1, -0.05) is 135 Å². The predicted octanol–water partition coefficient (Wildman–Crippen LogP) is 12.8. The number of benzene rings is 6. The molecular weight excluding hydrogens is 593 g/mol. The van der Waals surface area contributed by atoms with Gasteiger partial charge in [-0.2, -0.15) is 0 Å². The molecule has 0 aliphatic heterocycles. The molecule has 0 saturated heterocycles. The van der Waals surface area contributed by atoms with Gasteiger partial charge in [0.1, 0.15) is 0 Å². The molecule has 6 aromatic rings. The molecule has 0 saturated carbocycles. The van der Waals surface area contributed by atoms with Crippen molar-refractivity contribution in [3.05, 3.63) is 204 Å². The first-order valence-corrected chi connectivity index (χ1v) is 17.2. The lowest BCUT2D eigenvalue weighted by molar-refractivity contribution is 0.660. The quantitative estimate of drug-likeness (QED) is 0.165. The predicted molar refractivity (Wildman–Crippen MR) is 208 cm³/mol. The van der Waals surface area contributed by atoms with E-state index in [0.717, 1.165) is 17.8 Å². The first-order valence-electron chi connectivity index (χ1n) is 17.2. The van der Waals surface area contributed by atoms with Crippen molar-refractivity contribution >= 4 is 34.5 Å². The third kappa shape index (κ3) is 5.91. The molecule has 0 aromatic heterocycles. The van der Waals surface area contributed by atoms with Crippen LogP contribution in [0.1, 0.15) is 37.0 Å². The standard InChI is InChI=1S/C47H40N2/c1-47(2)45-33-36(24-23-35-25-28-41(29-26-35)48(37-15-7-3-8-16-37)38-17-9-4-10-18-38)27-31-43(45)44-32-30-42(34-46(44)47)49(39-19-11-5-12-20-39)40-21-13-6-14-22-40/h3-25,27-35H,26H2,1-2H3/b24-23+. The van der Waals surface area contributed by atoms with E-state index in [1.807, 2.05) is 0 Å². The third-order valence-electron chi connectivity index (χ3n) is 9.91. The molecule has 0 radical (unpaired) electrons. The first-order chi connectivity index (χ1) is 24.1. The Kier molecular flexibility index (Phi) is 8.07. The van der Waals surface area contributed by atoms with E-state index < -0.39 is 0 Å². The molecule has 8 rings (SSSR count). The van der Waals surface area contributed by atoms with Gasteiger partial charge in [-0.05, 0) is 107 Å². The Labute approximate surface area is 290 Å². The van der Waals surface area contributed by atoms with E-state index in [0.29, 0.717) is 5.92 Å². The highest BCUT2D eigenvalue weighted by atomic mass is 15.1. The summed E-state index contributed by atoms with van der Waals surface area (Å²) in [6.07, 6.45) is 12.6. The summed E-state index contributed by atoms with van der Waals surface area (Å²) in [5.41, 5.74) is 13.6. The number of allylic oxidation sites excluding steroid dienone is 4. The maximum Gasteiger partial charge on any atom is 0.0465 e. The maximum absolute atomic E-state index is 2.40. The molecule has 238 valence electrons. The van der Waals surface area contributed by atoms with Gasteiger partial charge in [-0.15, -0.1) is 0 Å². The van der Waals surface area contributed by atoms with Crippen LogP contribution in [0.3, 0.4) is 0 Å². The Morgan fingerprint density at radius 1 is 0.531 bits per heavy atom. The second-order valence-electron chi connectivity index (χ2n) is 13.4. The van der Waals surface area contributed by atoms with E-state index >= 15 is 0 Å². The molecule has 0 spiro atoms. The second kappa shape index (κ2) is 13.0. The van der Waals surface area contributed by atoms with Gasteiger partial charge in [0.05, 0.1) is 0 Å². The normalized spacial score (nSPS) is 15.8. The van der Waals surface area contributed by atoms with Crippen molar-refractivity contribution in [2.45, 2.75) is 25.7 Å². The molecule has 0 N–H and O–H groups in total. The van der Waals surface area contributed by atoms with Crippen LogP contribution in [0.4, 0.5) is 28.4 Å². The summed E-state index contributed by atoms with van der Waals surface area (Å²) in [5, 5.41) is 0. The fourth-order valence-electron chi connectivity index (χ4n) is 7.36. The molecule has 2 heteroatoms. The number of rotatable bonds is 8. The smallest absolute Gasteiger partial charge is 0.0465 e. The van der Waals surface area contributed by atoms with E-state index in [1.165, 1.54) is 50.6 Å². The highest BCUT2D eigenvalue weighted by Gasteiger charge is 2.36. The molecular formula is C47H40N2. The summed E-state index contributed by atoms with van der Waals surface area (Å²) >= 11 is 0. The lowest BCUT2D eigenvalue weighted by Crippen LogP contribution is -2.17. The van der Waals surface area contributed by atoms with E-state index in [9.17, 15) is 0 Å². The van der Waals surface area contributed by atoms with Crippen molar-refractivity contribution in [1.29, 1.82) is 0 Å². The van der Waals surface area contributed by atoms with Crippen LogP contribution in [0.5, 0.6) is 0 Å². The molecule has 0 amide bonds. The third-order valence-corrected chi connectivity index (χ3v) is 9.91. The average molecular weight is 633 g/mol. The molecule has 2 aliphatic rings. The van der Waals surface area contributed by atoms with Crippen LogP contribution >= 0.6 is 0 Å². The van der Waals surface area contributed by atoms with Gasteiger partial charge in [0.2, 0.25) is 0 Å². The van der Waals surface area contributed by atoms with Gasteiger partial charge in [0.25, 0.3) is 0 Å². The largest absolute Gasteiger partial charge is 0.311 e. The van der Waals surface area contributed by atoms with Gasteiger partial charge in [-0.3, -0.25) is 0 Å². The number of para-hydroxylation sites is 4. The van der Waals surface area contributed by atoms with Crippen LogP contribution in [-0.4, -0.2) is 0 Å². The number of nitrogens with zero attached hydrogens (tertiary/aromatic N) is 2. The molecule has 0 fully saturated rings. The van der Waals surface area contributed by atoms with E-state index in [-0.39, 0.29) is 5.41 Å². The Hall–Kier alpha value is -5.86. The minimum atomic E-state index is -0.121. The van der Waals surface area contributed by atoms with Crippen molar-refractivity contribution in [2.24, 2.45) is 5.92 Å². The Morgan fingerprint density at radius 3 is 1.53 bits per heavy atom. The summed E-state index contributed by atoms with van der Waals surface area (Å²) < 4.78 is 0. The summed E-state index contributed by atoms with van der Waals surface area (Å²) in [6.45, 7) is 4.73. The first kappa shape index (κ1) is 30.5. The van der Waals surface area contributed by atoms with Gasteiger partial charge >= 0.3 is 0 Å². The van der Waals surface area contributed by atoms with Crippen LogP contribution in [0.2, 0.25) is 0 Å². The Bertz CT molecular complexity index is 2080. The van der Waals surface area contributed by atoms with Crippen molar-refractivity contribution in [3.8, 4) is 11.1 Å². The van der Waals surface area contributed by atoms with Crippen molar-refractivity contribution < 1.29 is 0 Å². The van der Waals surface area contributed by atoms with Crippen LogP contribution in [-0.2, 0) is 5.41 Å². The summed E-state index contributed by atoms with van der Waals surface area (Å²) in [6, 6.07) is 56.5. The topological polar surface area (TPSA) is 6.48 Å². The van der Waals surface area contributed by atoms with Crippen LogP contribution in [0.25, 0.3) is 17.2 Å². The number of anilines is 5. The van der Waals surface area contributed by atoms with Crippen LogP contribution in [0.15, 0.2) is 188 Å². The fraction of sp³-hybridized carbons (Fsp3) is 0.106. The van der Waals surface area contributed by atoms with E-state index in [4.69, 9.17) is 0 Å². The second-order valence-corrected chi connectivity index (χ2v) is 13.4. The highest BCUT2D eigenvalue weighted by molar-refractivity contribution is 5.86. The molecule has 1 unspecified atom stereocenters. The van der Waals surface area contributed by atoms with Gasteiger partial charge in [0.15, 0.2) is 0 Å². The summed E-state index contributed by atoms with van der Waals surface area (Å²) in [5.74, 6) is 0.347. The van der Waals surface area contributed by atoms with Gasteiger partial charge in [0, 0.05) is 39.5 Å². The Morgan fingerprint density at radius 2 is 1.02 bits per heavy atom. The van der Waals surface area contributed by atoms with Crippen LogP contribution < -0.4 is 9.80 Å². The lowest BCUT2D eigenvalue weighted by Gasteiger charge is -2.28. The summed E-state index contributed by atoms with van der Waals surface area (Å²) in [4.78, 5) is 4.69. The van der Waals surface area contributed by atoms with Gasteiger partial charge < -0.3 is 9.80 Å². The Balaban J connectivity index is 1.04. The molecule has 6 aromatic carbocycles. The molecule has 0 bridgehead atoms. The monoisotopic (exact) mass is 632 g/mol. The van der Waals surface area contributed by atoms with Crippen LogP contribution in [0, 0.1) is 5.92 Å². The molecule has 2 nitrogen and oxygen atoms in total. The zero-order valence-corrected chi connectivity index (χ0v) is 28.1. The highest BCUT2D eigenvalue weighted by Crippen LogP contribution is 2.51. The molecule has 49 heavy (non-hydrogen) atoms. The van der Waals surface area contributed by atoms with Crippen molar-refractivity contribution in [3.63, 3.8) is 0 Å². The van der Waals surface area contributed by atoms with E-state index in [1.54, 1.807) is 0 Å². The zero-order valence-electron chi connectivity index (χ0n) is 28.1. The molecule has 0 heterocycles. The number of hydrogen-bond acceptors (Lipinski definition) is 2.